The fraction of sp³-hybridized carbons (Fsp3) is 0.294. The standard InChI is InChI=1S/C17H15F4N7O/c18-13-6-9(4-5-23-13)17(22)27-14(26-15(28-17)24-10-7-29-8-10)11-2-1-3-12(25-11)16(19,20)21/h1-6,10H,7-8,22H2,(H2,24,26,27,28). The zero-order chi connectivity index (χ0) is 20.6. The first-order chi connectivity index (χ1) is 13.7. The molecule has 2 aliphatic rings. The number of ether oxygens (including phenoxy) is 1. The highest BCUT2D eigenvalue weighted by atomic mass is 19.4. The molecule has 0 bridgehead atoms. The van der Waals surface area contributed by atoms with Crippen LogP contribution in [0.3, 0.4) is 0 Å². The van der Waals surface area contributed by atoms with Gasteiger partial charge in [0.1, 0.15) is 17.4 Å². The van der Waals surface area contributed by atoms with Crippen molar-refractivity contribution < 1.29 is 22.3 Å². The number of hydrogen-bond acceptors (Lipinski definition) is 6. The van der Waals surface area contributed by atoms with E-state index < -0.39 is 23.6 Å². The maximum Gasteiger partial charge on any atom is 0.433 e. The van der Waals surface area contributed by atoms with Crippen molar-refractivity contribution in [1.29, 1.82) is 0 Å². The summed E-state index contributed by atoms with van der Waals surface area (Å²) in [6.07, 6.45) is -3.42. The highest BCUT2D eigenvalue weighted by Gasteiger charge is 2.36. The molecule has 0 saturated carbocycles. The lowest BCUT2D eigenvalue weighted by Gasteiger charge is -2.35. The van der Waals surface area contributed by atoms with Crippen LogP contribution in [0.25, 0.3) is 0 Å². The smallest absolute Gasteiger partial charge is 0.377 e. The molecule has 0 spiro atoms. The van der Waals surface area contributed by atoms with Gasteiger partial charge in [-0.2, -0.15) is 17.6 Å². The van der Waals surface area contributed by atoms with Crippen LogP contribution in [-0.2, 0) is 16.7 Å². The van der Waals surface area contributed by atoms with E-state index in [0.717, 1.165) is 12.1 Å². The van der Waals surface area contributed by atoms with Crippen LogP contribution < -0.4 is 16.4 Å². The third-order valence-electron chi connectivity index (χ3n) is 4.21. The van der Waals surface area contributed by atoms with Crippen LogP contribution in [-0.4, -0.2) is 41.0 Å². The van der Waals surface area contributed by atoms with Gasteiger partial charge in [-0.15, -0.1) is 0 Å². The molecule has 152 valence electrons. The summed E-state index contributed by atoms with van der Waals surface area (Å²) < 4.78 is 57.9. The van der Waals surface area contributed by atoms with Gasteiger partial charge in [-0.1, -0.05) is 6.07 Å². The first-order valence-electron chi connectivity index (χ1n) is 8.49. The number of rotatable bonds is 3. The van der Waals surface area contributed by atoms with Gasteiger partial charge < -0.3 is 15.4 Å². The van der Waals surface area contributed by atoms with Crippen molar-refractivity contribution in [2.75, 3.05) is 13.2 Å². The number of nitrogens with two attached hydrogens (primary N) is 1. The molecule has 1 saturated heterocycles. The summed E-state index contributed by atoms with van der Waals surface area (Å²) >= 11 is 0. The number of aliphatic imine (C=N–C) groups is 2. The Hall–Kier alpha value is -3.12. The van der Waals surface area contributed by atoms with E-state index in [1.54, 1.807) is 0 Å². The quantitative estimate of drug-likeness (QED) is 0.517. The van der Waals surface area contributed by atoms with Crippen molar-refractivity contribution in [1.82, 2.24) is 20.6 Å². The van der Waals surface area contributed by atoms with Crippen molar-refractivity contribution in [3.63, 3.8) is 0 Å². The molecule has 12 heteroatoms. The maximum atomic E-state index is 13.6. The Kier molecular flexibility index (Phi) is 4.67. The van der Waals surface area contributed by atoms with E-state index in [-0.39, 0.29) is 29.1 Å². The monoisotopic (exact) mass is 409 g/mol. The predicted molar refractivity (Wildman–Crippen MR) is 94.1 cm³/mol. The molecule has 2 aliphatic heterocycles. The third-order valence-corrected chi connectivity index (χ3v) is 4.21. The Labute approximate surface area is 161 Å². The summed E-state index contributed by atoms with van der Waals surface area (Å²) in [5.41, 5.74) is 5.36. The zero-order valence-electron chi connectivity index (χ0n) is 14.7. The highest BCUT2D eigenvalue weighted by molar-refractivity contribution is 6.09. The zero-order valence-corrected chi connectivity index (χ0v) is 14.7. The van der Waals surface area contributed by atoms with Gasteiger partial charge in [0.15, 0.2) is 5.84 Å². The Bertz CT molecular complexity index is 990. The number of aromatic nitrogens is 2. The number of hydrogen-bond donors (Lipinski definition) is 3. The first-order valence-corrected chi connectivity index (χ1v) is 8.49. The van der Waals surface area contributed by atoms with Gasteiger partial charge >= 0.3 is 6.18 Å². The maximum absolute atomic E-state index is 13.6. The van der Waals surface area contributed by atoms with Crippen LogP contribution in [0.1, 0.15) is 17.0 Å². The minimum atomic E-state index is -4.63. The number of nitrogens with zero attached hydrogens (tertiary/aromatic N) is 4. The SMILES string of the molecule is NC1(c2ccnc(F)c2)N=C(c2cccc(C(F)(F)F)n2)NC(=NC2COC2)N1. The molecule has 1 unspecified atom stereocenters. The van der Waals surface area contributed by atoms with Crippen LogP contribution in [0.15, 0.2) is 46.5 Å². The van der Waals surface area contributed by atoms with Gasteiger partial charge in [0.2, 0.25) is 17.7 Å². The van der Waals surface area contributed by atoms with Gasteiger partial charge in [0.05, 0.1) is 13.2 Å². The average molecular weight is 409 g/mol. The third kappa shape index (κ3) is 4.03. The van der Waals surface area contributed by atoms with Crippen molar-refractivity contribution in [3.8, 4) is 0 Å². The lowest BCUT2D eigenvalue weighted by Crippen LogP contribution is -2.62. The Morgan fingerprint density at radius 3 is 2.69 bits per heavy atom. The summed E-state index contributed by atoms with van der Waals surface area (Å²) in [6.45, 7) is 0.783. The lowest BCUT2D eigenvalue weighted by molar-refractivity contribution is -0.141. The molecule has 1 atom stereocenters. The summed E-state index contributed by atoms with van der Waals surface area (Å²) in [5, 5.41) is 5.65. The van der Waals surface area contributed by atoms with Gasteiger partial charge in [-0.3, -0.25) is 5.73 Å². The predicted octanol–water partition coefficient (Wildman–Crippen LogP) is 1.10. The fourth-order valence-electron chi connectivity index (χ4n) is 2.72. The molecule has 0 aliphatic carbocycles. The van der Waals surface area contributed by atoms with E-state index in [0.29, 0.717) is 13.2 Å². The Balaban J connectivity index is 1.78. The molecule has 2 aromatic heterocycles. The lowest BCUT2D eigenvalue weighted by atomic mass is 10.1. The van der Waals surface area contributed by atoms with Crippen molar-refractivity contribution >= 4 is 11.8 Å². The molecular formula is C17H15F4N7O. The molecular weight excluding hydrogens is 394 g/mol. The van der Waals surface area contributed by atoms with Crippen LogP contribution in [0, 0.1) is 5.95 Å². The molecule has 8 nitrogen and oxygen atoms in total. The number of alkyl halides is 3. The van der Waals surface area contributed by atoms with Gasteiger partial charge in [0.25, 0.3) is 0 Å². The van der Waals surface area contributed by atoms with E-state index in [1.165, 1.54) is 24.4 Å². The van der Waals surface area contributed by atoms with Crippen LogP contribution in [0.4, 0.5) is 17.6 Å². The van der Waals surface area contributed by atoms with E-state index in [1.807, 2.05) is 0 Å². The Morgan fingerprint density at radius 2 is 2.03 bits per heavy atom. The summed E-state index contributed by atoms with van der Waals surface area (Å²) in [6, 6.07) is 5.76. The largest absolute Gasteiger partial charge is 0.433 e. The minimum Gasteiger partial charge on any atom is -0.377 e. The first kappa shape index (κ1) is 19.2. The molecule has 1 fully saturated rings. The van der Waals surface area contributed by atoms with Crippen LogP contribution >= 0.6 is 0 Å². The second kappa shape index (κ2) is 7.04. The molecule has 0 radical (unpaired) electrons. The molecule has 4 N–H and O–H groups in total. The summed E-state index contributed by atoms with van der Waals surface area (Å²) in [7, 11) is 0. The Morgan fingerprint density at radius 1 is 1.24 bits per heavy atom. The molecule has 0 amide bonds. The number of amidine groups is 1. The van der Waals surface area contributed by atoms with Crippen molar-refractivity contribution in [2.45, 2.75) is 18.0 Å². The van der Waals surface area contributed by atoms with E-state index in [9.17, 15) is 17.6 Å². The molecule has 2 aromatic rings. The fourth-order valence-corrected chi connectivity index (χ4v) is 2.72. The number of nitrogens with one attached hydrogen (secondary N) is 2. The summed E-state index contributed by atoms with van der Waals surface area (Å²) in [5.74, 6) is -2.38. The molecule has 4 rings (SSSR count). The van der Waals surface area contributed by atoms with Gasteiger partial charge in [-0.25, -0.2) is 20.0 Å². The normalized spacial score (nSPS) is 23.8. The minimum absolute atomic E-state index is 0.0476. The van der Waals surface area contributed by atoms with Gasteiger partial charge in [0, 0.05) is 17.8 Å². The summed E-state index contributed by atoms with van der Waals surface area (Å²) in [4.78, 5) is 15.7. The van der Waals surface area contributed by atoms with Crippen LogP contribution in [0.2, 0.25) is 0 Å². The molecule has 29 heavy (non-hydrogen) atoms. The second-order valence-electron chi connectivity index (χ2n) is 6.42. The van der Waals surface area contributed by atoms with E-state index in [4.69, 9.17) is 10.5 Å². The van der Waals surface area contributed by atoms with Crippen molar-refractivity contribution in [3.05, 3.63) is 59.4 Å². The second-order valence-corrected chi connectivity index (χ2v) is 6.42. The number of halogens is 4. The number of guanidine groups is 1. The topological polar surface area (TPSA) is 110 Å². The van der Waals surface area contributed by atoms with Crippen molar-refractivity contribution in [2.24, 2.45) is 15.7 Å². The molecule has 4 heterocycles. The van der Waals surface area contributed by atoms with Gasteiger partial charge in [-0.05, 0) is 18.2 Å². The number of pyridine rings is 2. The molecule has 0 aromatic carbocycles. The van der Waals surface area contributed by atoms with E-state index >= 15 is 0 Å². The van der Waals surface area contributed by atoms with E-state index in [2.05, 4.69) is 30.6 Å². The van der Waals surface area contributed by atoms with Crippen LogP contribution in [0.5, 0.6) is 0 Å². The highest BCUT2D eigenvalue weighted by Crippen LogP contribution is 2.28. The average Bonchev–Trinajstić information content (AvgIpc) is 2.64.